The fourth-order valence-corrected chi connectivity index (χ4v) is 0.667. The topological polar surface area (TPSA) is 53.1 Å². The van der Waals surface area contributed by atoms with E-state index in [9.17, 15) is 13.6 Å². The molecule has 1 rings (SSSR count). The summed E-state index contributed by atoms with van der Waals surface area (Å²) in [6.07, 6.45) is -2.77. The van der Waals surface area contributed by atoms with E-state index in [0.717, 1.165) is 12.1 Å². The van der Waals surface area contributed by atoms with Crippen molar-refractivity contribution >= 4 is 0 Å². The third-order valence-corrected chi connectivity index (χ3v) is 1.08. The summed E-state index contributed by atoms with van der Waals surface area (Å²) in [7, 11) is 0. The molecule has 0 saturated heterocycles. The van der Waals surface area contributed by atoms with Crippen LogP contribution in [0.4, 0.5) is 8.78 Å². The van der Waals surface area contributed by atoms with E-state index in [4.69, 9.17) is 5.11 Å². The van der Waals surface area contributed by atoms with E-state index >= 15 is 0 Å². The molecule has 0 spiro atoms. The monoisotopic (exact) mass is 161 g/mol. The van der Waals surface area contributed by atoms with Gasteiger partial charge in [0.25, 0.3) is 12.0 Å². The largest absolute Gasteiger partial charge is 0.508 e. The molecule has 1 aromatic rings. The maximum absolute atomic E-state index is 11.8. The smallest absolute Gasteiger partial charge is 0.278 e. The Hall–Kier alpha value is -1.39. The normalized spacial score (nSPS) is 10.5. The predicted molar refractivity (Wildman–Crippen MR) is 33.7 cm³/mol. The Bertz CT molecular complexity index is 308. The number of aromatic hydroxyl groups is 1. The minimum Gasteiger partial charge on any atom is -0.508 e. The summed E-state index contributed by atoms with van der Waals surface area (Å²) in [6, 6.07) is 1.64. The van der Waals surface area contributed by atoms with Crippen molar-refractivity contribution in [1.82, 2.24) is 4.98 Å². The summed E-state index contributed by atoms with van der Waals surface area (Å²) >= 11 is 0. The molecule has 0 saturated carbocycles. The maximum Gasteiger partial charge on any atom is 0.278 e. The SMILES string of the molecule is O=c1cc(O)cc(C(F)F)[nH]1. The van der Waals surface area contributed by atoms with E-state index < -0.39 is 23.4 Å². The highest BCUT2D eigenvalue weighted by Crippen LogP contribution is 2.17. The van der Waals surface area contributed by atoms with E-state index in [0.29, 0.717) is 0 Å². The van der Waals surface area contributed by atoms with Crippen molar-refractivity contribution < 1.29 is 13.9 Å². The first-order valence-corrected chi connectivity index (χ1v) is 2.81. The molecule has 0 radical (unpaired) electrons. The van der Waals surface area contributed by atoms with Crippen LogP contribution >= 0.6 is 0 Å². The van der Waals surface area contributed by atoms with Crippen LogP contribution in [-0.2, 0) is 0 Å². The van der Waals surface area contributed by atoms with Gasteiger partial charge in [0.1, 0.15) is 5.75 Å². The van der Waals surface area contributed by atoms with Crippen LogP contribution in [0.25, 0.3) is 0 Å². The molecule has 0 bridgehead atoms. The second-order valence-corrected chi connectivity index (χ2v) is 1.96. The minimum atomic E-state index is -2.77. The highest BCUT2D eigenvalue weighted by molar-refractivity contribution is 5.21. The van der Waals surface area contributed by atoms with Crippen molar-refractivity contribution in [3.63, 3.8) is 0 Å². The highest BCUT2D eigenvalue weighted by atomic mass is 19.3. The van der Waals surface area contributed by atoms with Gasteiger partial charge in [-0.15, -0.1) is 0 Å². The lowest BCUT2D eigenvalue weighted by Crippen LogP contribution is -2.06. The number of H-pyrrole nitrogens is 1. The van der Waals surface area contributed by atoms with Crippen molar-refractivity contribution in [2.75, 3.05) is 0 Å². The molecule has 0 amide bonds. The Morgan fingerprint density at radius 3 is 2.55 bits per heavy atom. The van der Waals surface area contributed by atoms with Gasteiger partial charge in [0.2, 0.25) is 0 Å². The number of hydrogen-bond donors (Lipinski definition) is 2. The molecule has 2 N–H and O–H groups in total. The first-order valence-electron chi connectivity index (χ1n) is 2.81. The molecule has 1 heterocycles. The van der Waals surface area contributed by atoms with Crippen molar-refractivity contribution in [2.45, 2.75) is 6.43 Å². The second-order valence-electron chi connectivity index (χ2n) is 1.96. The van der Waals surface area contributed by atoms with Crippen LogP contribution in [0.5, 0.6) is 5.75 Å². The molecule has 1 aromatic heterocycles. The molecule has 0 atom stereocenters. The lowest BCUT2D eigenvalue weighted by molar-refractivity contribution is 0.145. The van der Waals surface area contributed by atoms with Gasteiger partial charge in [0.15, 0.2) is 0 Å². The Balaban J connectivity index is 3.19. The zero-order chi connectivity index (χ0) is 8.43. The zero-order valence-corrected chi connectivity index (χ0v) is 5.34. The van der Waals surface area contributed by atoms with Gasteiger partial charge in [-0.05, 0) is 0 Å². The van der Waals surface area contributed by atoms with Gasteiger partial charge < -0.3 is 10.1 Å². The minimum absolute atomic E-state index is 0.455. The summed E-state index contributed by atoms with van der Waals surface area (Å²) in [6.45, 7) is 0. The first-order chi connectivity index (χ1) is 5.09. The third-order valence-electron chi connectivity index (χ3n) is 1.08. The molecule has 3 nitrogen and oxygen atoms in total. The van der Waals surface area contributed by atoms with Crippen LogP contribution in [0.3, 0.4) is 0 Å². The number of hydrogen-bond acceptors (Lipinski definition) is 2. The van der Waals surface area contributed by atoms with Crippen LogP contribution in [0.15, 0.2) is 16.9 Å². The summed E-state index contributed by atoms with van der Waals surface area (Å²) in [5, 5.41) is 8.69. The van der Waals surface area contributed by atoms with Crippen LogP contribution in [0.2, 0.25) is 0 Å². The van der Waals surface area contributed by atoms with Crippen molar-refractivity contribution in [3.8, 4) is 5.75 Å². The third kappa shape index (κ3) is 1.76. The van der Waals surface area contributed by atoms with Gasteiger partial charge in [-0.1, -0.05) is 0 Å². The zero-order valence-electron chi connectivity index (χ0n) is 5.34. The number of halogens is 2. The lowest BCUT2D eigenvalue weighted by atomic mass is 10.3. The van der Waals surface area contributed by atoms with Crippen LogP contribution < -0.4 is 5.56 Å². The van der Waals surface area contributed by atoms with Gasteiger partial charge in [-0.2, -0.15) is 0 Å². The van der Waals surface area contributed by atoms with E-state index in [-0.39, 0.29) is 0 Å². The molecule has 0 fully saturated rings. The molecule has 5 heteroatoms. The van der Waals surface area contributed by atoms with Crippen LogP contribution in [0.1, 0.15) is 12.1 Å². The number of pyridine rings is 1. The van der Waals surface area contributed by atoms with Gasteiger partial charge in [0, 0.05) is 12.1 Å². The lowest BCUT2D eigenvalue weighted by Gasteiger charge is -1.97. The average Bonchev–Trinajstić information content (AvgIpc) is 1.85. The summed E-state index contributed by atoms with van der Waals surface area (Å²) in [5.74, 6) is -0.455. The molecule has 0 aliphatic rings. The van der Waals surface area contributed by atoms with Gasteiger partial charge in [-0.3, -0.25) is 4.79 Å². The fourth-order valence-electron chi connectivity index (χ4n) is 0.667. The van der Waals surface area contributed by atoms with Gasteiger partial charge in [0.05, 0.1) is 5.69 Å². The highest BCUT2D eigenvalue weighted by Gasteiger charge is 2.08. The van der Waals surface area contributed by atoms with Crippen LogP contribution in [-0.4, -0.2) is 10.1 Å². The second kappa shape index (κ2) is 2.69. The van der Waals surface area contributed by atoms with Gasteiger partial charge in [-0.25, -0.2) is 8.78 Å². The first kappa shape index (κ1) is 7.71. The Morgan fingerprint density at radius 1 is 1.45 bits per heavy atom. The van der Waals surface area contributed by atoms with Crippen molar-refractivity contribution in [1.29, 1.82) is 0 Å². The van der Waals surface area contributed by atoms with Crippen LogP contribution in [0, 0.1) is 0 Å². The van der Waals surface area contributed by atoms with E-state index in [1.807, 2.05) is 4.98 Å². The van der Waals surface area contributed by atoms with E-state index in [1.165, 1.54) is 0 Å². The van der Waals surface area contributed by atoms with Crippen molar-refractivity contribution in [3.05, 3.63) is 28.2 Å². The molecule has 0 aliphatic heterocycles. The molecule has 60 valence electrons. The molecular formula is C6H5F2NO2. The average molecular weight is 161 g/mol. The number of nitrogens with one attached hydrogen (secondary N) is 1. The van der Waals surface area contributed by atoms with E-state index in [1.54, 1.807) is 0 Å². The Kier molecular flexibility index (Phi) is 1.89. The number of aromatic nitrogens is 1. The summed E-state index contributed by atoms with van der Waals surface area (Å²) in [4.78, 5) is 12.3. The molecule has 0 aliphatic carbocycles. The Morgan fingerprint density at radius 2 is 2.09 bits per heavy atom. The molecular weight excluding hydrogens is 156 g/mol. The molecule has 11 heavy (non-hydrogen) atoms. The van der Waals surface area contributed by atoms with E-state index in [2.05, 4.69) is 0 Å². The maximum atomic E-state index is 11.8. The Labute approximate surface area is 60.3 Å². The number of aromatic amines is 1. The summed E-state index contributed by atoms with van der Waals surface area (Å²) < 4.78 is 23.7. The predicted octanol–water partition coefficient (Wildman–Crippen LogP) is 1.02. The van der Waals surface area contributed by atoms with Crippen molar-refractivity contribution in [2.24, 2.45) is 0 Å². The van der Waals surface area contributed by atoms with Gasteiger partial charge >= 0.3 is 0 Å². The molecule has 0 aromatic carbocycles. The summed E-state index contributed by atoms with van der Waals surface area (Å²) in [5.41, 5.74) is -1.31. The quantitative estimate of drug-likeness (QED) is 0.646. The molecule has 0 unspecified atom stereocenters. The standard InChI is InChI=1S/C6H5F2NO2/c7-6(8)4-1-3(10)2-5(11)9-4/h1-2,6H,(H2,9,10,11). The number of alkyl halides is 2. The fraction of sp³-hybridized carbons (Fsp3) is 0.167. The number of rotatable bonds is 1.